The fraction of sp³-hybridized carbons (Fsp3) is 0.250. The number of pyridine rings is 1. The molecular weight excluding hydrogens is 301 g/mol. The number of rotatable bonds is 5. The third-order valence-electron chi connectivity index (χ3n) is 2.38. The lowest BCUT2D eigenvalue weighted by Crippen LogP contribution is -2.15. The van der Waals surface area contributed by atoms with Crippen molar-refractivity contribution < 1.29 is 4.79 Å². The highest BCUT2D eigenvalue weighted by Crippen LogP contribution is 2.07. The maximum Gasteiger partial charge on any atom is 0.225 e. The minimum atomic E-state index is -0.0963. The van der Waals surface area contributed by atoms with Crippen LogP contribution in [0.4, 0.5) is 5.69 Å². The summed E-state index contributed by atoms with van der Waals surface area (Å²) >= 11 is 0. The van der Waals surface area contributed by atoms with E-state index in [2.05, 4.69) is 15.4 Å². The average molecular weight is 318 g/mol. The van der Waals surface area contributed by atoms with Crippen molar-refractivity contribution in [2.45, 2.75) is 13.0 Å². The number of anilines is 1. The standard InChI is InChI=1S/C12H15N5O.2ClH/c13-4-1-12(18)16-11-7-15-17(9-11)8-10-2-5-14-6-3-10;;/h2-3,5-7,9H,1,4,8,13H2,(H,16,18);2*1H. The zero-order chi connectivity index (χ0) is 12.8. The third kappa shape index (κ3) is 5.56. The molecule has 8 heteroatoms. The first-order chi connectivity index (χ1) is 8.78. The average Bonchev–Trinajstić information content (AvgIpc) is 2.78. The molecule has 0 aliphatic heterocycles. The van der Waals surface area contributed by atoms with Gasteiger partial charge in [-0.2, -0.15) is 5.10 Å². The Morgan fingerprint density at radius 1 is 1.30 bits per heavy atom. The van der Waals surface area contributed by atoms with E-state index in [0.29, 0.717) is 25.2 Å². The van der Waals surface area contributed by atoms with E-state index in [4.69, 9.17) is 5.73 Å². The molecule has 0 aliphatic rings. The summed E-state index contributed by atoms with van der Waals surface area (Å²) in [4.78, 5) is 15.3. The van der Waals surface area contributed by atoms with Gasteiger partial charge in [0, 0.05) is 31.6 Å². The van der Waals surface area contributed by atoms with E-state index in [9.17, 15) is 4.79 Å². The Balaban J connectivity index is 0.00000180. The molecule has 6 nitrogen and oxygen atoms in total. The van der Waals surface area contributed by atoms with Crippen LogP contribution in [0, 0.1) is 0 Å². The predicted molar refractivity (Wildman–Crippen MR) is 82.4 cm³/mol. The normalized spacial score (nSPS) is 9.25. The van der Waals surface area contributed by atoms with Crippen LogP contribution in [0.1, 0.15) is 12.0 Å². The second-order valence-electron chi connectivity index (χ2n) is 3.87. The molecule has 0 fully saturated rings. The molecule has 1 amide bonds. The number of nitrogens with zero attached hydrogens (tertiary/aromatic N) is 3. The number of hydrogen-bond donors (Lipinski definition) is 2. The Bertz CT molecular complexity index is 518. The van der Waals surface area contributed by atoms with Gasteiger partial charge in [0.1, 0.15) is 0 Å². The molecule has 0 aliphatic carbocycles. The van der Waals surface area contributed by atoms with Gasteiger partial charge in [0.25, 0.3) is 0 Å². The topological polar surface area (TPSA) is 85.8 Å². The molecule has 0 unspecified atom stereocenters. The first-order valence-electron chi connectivity index (χ1n) is 5.69. The summed E-state index contributed by atoms with van der Waals surface area (Å²) in [6.07, 6.45) is 7.20. The van der Waals surface area contributed by atoms with E-state index in [-0.39, 0.29) is 30.7 Å². The molecule has 0 spiro atoms. The van der Waals surface area contributed by atoms with Crippen LogP contribution in [0.25, 0.3) is 0 Å². The quantitative estimate of drug-likeness (QED) is 0.874. The second-order valence-corrected chi connectivity index (χ2v) is 3.87. The molecule has 2 aromatic rings. The van der Waals surface area contributed by atoms with Gasteiger partial charge in [-0.1, -0.05) is 0 Å². The summed E-state index contributed by atoms with van der Waals surface area (Å²) in [5, 5.41) is 6.91. The lowest BCUT2D eigenvalue weighted by molar-refractivity contribution is -0.116. The number of hydrogen-bond acceptors (Lipinski definition) is 4. The largest absolute Gasteiger partial charge is 0.330 e. The first kappa shape index (κ1) is 18.4. The molecule has 0 radical (unpaired) electrons. The summed E-state index contributed by atoms with van der Waals surface area (Å²) in [7, 11) is 0. The van der Waals surface area contributed by atoms with Crippen molar-refractivity contribution in [1.29, 1.82) is 0 Å². The van der Waals surface area contributed by atoms with Crippen molar-refractivity contribution >= 4 is 36.4 Å². The maximum atomic E-state index is 11.3. The van der Waals surface area contributed by atoms with Gasteiger partial charge in [-0.3, -0.25) is 14.5 Å². The van der Waals surface area contributed by atoms with Crippen LogP contribution < -0.4 is 11.1 Å². The van der Waals surface area contributed by atoms with Crippen LogP contribution in [0.15, 0.2) is 36.9 Å². The van der Waals surface area contributed by atoms with Gasteiger partial charge in [-0.25, -0.2) is 0 Å². The highest BCUT2D eigenvalue weighted by Gasteiger charge is 2.03. The molecule has 2 aromatic heterocycles. The van der Waals surface area contributed by atoms with Crippen molar-refractivity contribution in [2.75, 3.05) is 11.9 Å². The van der Waals surface area contributed by atoms with E-state index in [1.54, 1.807) is 29.5 Å². The lowest BCUT2D eigenvalue weighted by Gasteiger charge is -2.01. The summed E-state index contributed by atoms with van der Waals surface area (Å²) in [5.41, 5.74) is 7.09. The summed E-state index contributed by atoms with van der Waals surface area (Å²) in [6.45, 7) is 0.992. The summed E-state index contributed by atoms with van der Waals surface area (Å²) in [6, 6.07) is 3.85. The molecule has 20 heavy (non-hydrogen) atoms. The SMILES string of the molecule is Cl.Cl.NCCC(=O)Nc1cnn(Cc2ccncc2)c1. The van der Waals surface area contributed by atoms with Crippen LogP contribution >= 0.6 is 24.8 Å². The molecule has 0 aromatic carbocycles. The van der Waals surface area contributed by atoms with Gasteiger partial charge in [0.05, 0.1) is 18.4 Å². The molecular formula is C12H17Cl2N5O. The first-order valence-corrected chi connectivity index (χ1v) is 5.69. The smallest absolute Gasteiger partial charge is 0.225 e. The summed E-state index contributed by atoms with van der Waals surface area (Å²) < 4.78 is 1.76. The Hall–Kier alpha value is -1.63. The monoisotopic (exact) mass is 317 g/mol. The number of aromatic nitrogens is 3. The van der Waals surface area contributed by atoms with Crippen LogP contribution in [-0.4, -0.2) is 27.2 Å². The van der Waals surface area contributed by atoms with Crippen molar-refractivity contribution in [3.8, 4) is 0 Å². The third-order valence-corrected chi connectivity index (χ3v) is 2.38. The lowest BCUT2D eigenvalue weighted by atomic mass is 10.3. The van der Waals surface area contributed by atoms with E-state index < -0.39 is 0 Å². The Morgan fingerprint density at radius 3 is 2.65 bits per heavy atom. The van der Waals surface area contributed by atoms with Gasteiger partial charge >= 0.3 is 0 Å². The number of nitrogens with one attached hydrogen (secondary N) is 1. The second kappa shape index (κ2) is 9.30. The van der Waals surface area contributed by atoms with Crippen LogP contribution in [0.2, 0.25) is 0 Å². The van der Waals surface area contributed by atoms with Crippen LogP contribution in [0.3, 0.4) is 0 Å². The van der Waals surface area contributed by atoms with E-state index >= 15 is 0 Å². The van der Waals surface area contributed by atoms with Gasteiger partial charge in [-0.15, -0.1) is 24.8 Å². The van der Waals surface area contributed by atoms with Crippen molar-refractivity contribution in [2.24, 2.45) is 5.73 Å². The number of halogens is 2. The van der Waals surface area contributed by atoms with Crippen LogP contribution in [0.5, 0.6) is 0 Å². The van der Waals surface area contributed by atoms with E-state index in [0.717, 1.165) is 5.56 Å². The highest BCUT2D eigenvalue weighted by molar-refractivity contribution is 5.90. The van der Waals surface area contributed by atoms with Crippen molar-refractivity contribution in [3.05, 3.63) is 42.5 Å². The predicted octanol–water partition coefficient (Wildman–Crippen LogP) is 1.46. The van der Waals surface area contributed by atoms with Crippen molar-refractivity contribution in [3.63, 3.8) is 0 Å². The molecule has 0 bridgehead atoms. The Labute approximate surface area is 129 Å². The zero-order valence-corrected chi connectivity index (χ0v) is 12.4. The number of amides is 1. The minimum Gasteiger partial charge on any atom is -0.330 e. The molecule has 0 atom stereocenters. The number of nitrogens with two attached hydrogens (primary N) is 1. The zero-order valence-electron chi connectivity index (χ0n) is 10.7. The van der Waals surface area contributed by atoms with Gasteiger partial charge in [-0.05, 0) is 17.7 Å². The fourth-order valence-electron chi connectivity index (χ4n) is 1.54. The number of carbonyl (C=O) groups is 1. The highest BCUT2D eigenvalue weighted by atomic mass is 35.5. The molecule has 2 rings (SSSR count). The van der Waals surface area contributed by atoms with Gasteiger partial charge < -0.3 is 11.1 Å². The van der Waals surface area contributed by atoms with Crippen LogP contribution in [-0.2, 0) is 11.3 Å². The molecule has 2 heterocycles. The van der Waals surface area contributed by atoms with Gasteiger partial charge in [0.15, 0.2) is 0 Å². The van der Waals surface area contributed by atoms with Gasteiger partial charge in [0.2, 0.25) is 5.91 Å². The van der Waals surface area contributed by atoms with E-state index in [1.165, 1.54) is 0 Å². The fourth-order valence-corrected chi connectivity index (χ4v) is 1.54. The maximum absolute atomic E-state index is 11.3. The van der Waals surface area contributed by atoms with E-state index in [1.807, 2.05) is 12.1 Å². The summed E-state index contributed by atoms with van der Waals surface area (Å²) in [5.74, 6) is -0.0963. The Kier molecular flexibility index (Phi) is 8.54. The van der Waals surface area contributed by atoms with Crippen molar-refractivity contribution in [1.82, 2.24) is 14.8 Å². The minimum absolute atomic E-state index is 0. The molecule has 3 N–H and O–H groups in total. The molecule has 0 saturated heterocycles. The molecule has 0 saturated carbocycles. The molecule has 110 valence electrons. The Morgan fingerprint density at radius 2 is 2.00 bits per heavy atom. The number of carbonyl (C=O) groups excluding carboxylic acids is 1.